The quantitative estimate of drug-likeness (QED) is 0.273. The predicted octanol–water partition coefficient (Wildman–Crippen LogP) is 4.30. The molecular formula is C20H23FIN5OS. The van der Waals surface area contributed by atoms with Crippen LogP contribution in [0.15, 0.2) is 53.8 Å². The van der Waals surface area contributed by atoms with Crippen molar-refractivity contribution in [2.24, 2.45) is 4.99 Å². The Kier molecular flexibility index (Phi) is 9.26. The Morgan fingerprint density at radius 1 is 1.10 bits per heavy atom. The maximum atomic E-state index is 12.9. The minimum Gasteiger partial charge on any atom is -0.439 e. The molecule has 3 rings (SSSR count). The fraction of sp³-hybridized carbons (Fsp3) is 0.250. The molecule has 0 aliphatic carbocycles. The molecule has 0 bridgehead atoms. The number of aryl methyl sites for hydroxylation is 1. The fourth-order valence-electron chi connectivity index (χ4n) is 2.41. The highest BCUT2D eigenvalue weighted by atomic mass is 127. The van der Waals surface area contributed by atoms with Gasteiger partial charge in [0.05, 0.1) is 5.01 Å². The summed E-state index contributed by atoms with van der Waals surface area (Å²) in [5, 5.41) is 7.64. The molecule has 2 aromatic heterocycles. The molecule has 0 saturated heterocycles. The molecular weight excluding hydrogens is 504 g/mol. The molecule has 0 radical (unpaired) electrons. The molecule has 9 heteroatoms. The van der Waals surface area contributed by atoms with E-state index in [2.05, 4.69) is 32.5 Å². The van der Waals surface area contributed by atoms with Gasteiger partial charge in [-0.05, 0) is 36.8 Å². The molecule has 3 aromatic rings. The molecule has 6 nitrogen and oxygen atoms in total. The summed E-state index contributed by atoms with van der Waals surface area (Å²) in [6.07, 6.45) is 4.48. The van der Waals surface area contributed by atoms with E-state index in [1.807, 2.05) is 12.3 Å². The lowest BCUT2D eigenvalue weighted by Crippen LogP contribution is -2.37. The summed E-state index contributed by atoms with van der Waals surface area (Å²) in [5.41, 5.74) is 0.991. The summed E-state index contributed by atoms with van der Waals surface area (Å²) in [4.78, 5) is 14.1. The average molecular weight is 527 g/mol. The number of rotatable bonds is 7. The van der Waals surface area contributed by atoms with Crippen molar-refractivity contribution in [3.05, 3.63) is 70.1 Å². The zero-order valence-electron chi connectivity index (χ0n) is 16.2. The predicted molar refractivity (Wildman–Crippen MR) is 125 cm³/mol. The van der Waals surface area contributed by atoms with Gasteiger partial charge >= 0.3 is 0 Å². The third-order valence-electron chi connectivity index (χ3n) is 3.82. The first kappa shape index (κ1) is 23.0. The van der Waals surface area contributed by atoms with Crippen LogP contribution in [0.2, 0.25) is 0 Å². The van der Waals surface area contributed by atoms with Gasteiger partial charge < -0.3 is 15.4 Å². The summed E-state index contributed by atoms with van der Waals surface area (Å²) < 4.78 is 18.5. The summed E-state index contributed by atoms with van der Waals surface area (Å²) in [6.45, 7) is 3.40. The second kappa shape index (κ2) is 11.7. The minimum atomic E-state index is -0.300. The Morgan fingerprint density at radius 2 is 1.90 bits per heavy atom. The van der Waals surface area contributed by atoms with E-state index in [0.29, 0.717) is 18.2 Å². The second-order valence-corrected chi connectivity index (χ2v) is 7.35. The number of aliphatic imine (C=N–C) groups is 1. The van der Waals surface area contributed by atoms with Crippen molar-refractivity contribution in [2.45, 2.75) is 19.9 Å². The Hall–Kier alpha value is -2.27. The molecule has 0 fully saturated rings. The number of guanidine groups is 1. The van der Waals surface area contributed by atoms with E-state index < -0.39 is 0 Å². The number of thiazole rings is 1. The van der Waals surface area contributed by atoms with Gasteiger partial charge in [0.1, 0.15) is 11.6 Å². The number of benzene rings is 1. The van der Waals surface area contributed by atoms with Crippen LogP contribution in [0.25, 0.3) is 0 Å². The van der Waals surface area contributed by atoms with Crippen molar-refractivity contribution in [2.75, 3.05) is 13.6 Å². The molecule has 2 N–H and O–H groups in total. The van der Waals surface area contributed by atoms with E-state index in [1.165, 1.54) is 17.0 Å². The van der Waals surface area contributed by atoms with Gasteiger partial charge in [0.25, 0.3) is 0 Å². The maximum absolute atomic E-state index is 12.9. The van der Waals surface area contributed by atoms with Crippen LogP contribution >= 0.6 is 35.3 Å². The van der Waals surface area contributed by atoms with Gasteiger partial charge in [-0.15, -0.1) is 35.3 Å². The van der Waals surface area contributed by atoms with Crippen LogP contribution in [0.4, 0.5) is 4.39 Å². The number of halogens is 2. The molecule has 29 heavy (non-hydrogen) atoms. The van der Waals surface area contributed by atoms with Gasteiger partial charge in [-0.3, -0.25) is 4.99 Å². The summed E-state index contributed by atoms with van der Waals surface area (Å²) in [7, 11) is 1.74. The van der Waals surface area contributed by atoms with Crippen LogP contribution in [0, 0.1) is 12.7 Å². The minimum absolute atomic E-state index is 0. The number of hydrogen-bond acceptors (Lipinski definition) is 5. The number of nitrogens with zero attached hydrogens (tertiary/aromatic N) is 3. The average Bonchev–Trinajstić information content (AvgIpc) is 3.12. The number of aromatic nitrogens is 2. The smallest absolute Gasteiger partial charge is 0.219 e. The highest BCUT2D eigenvalue weighted by Gasteiger charge is 2.03. The third-order valence-corrected chi connectivity index (χ3v) is 4.79. The molecule has 0 unspecified atom stereocenters. The lowest BCUT2D eigenvalue weighted by atomic mass is 10.3. The molecule has 0 spiro atoms. The molecule has 1 aromatic carbocycles. The first-order chi connectivity index (χ1) is 13.6. The first-order valence-electron chi connectivity index (χ1n) is 8.86. The molecule has 2 heterocycles. The van der Waals surface area contributed by atoms with Gasteiger partial charge in [-0.2, -0.15) is 0 Å². The van der Waals surface area contributed by atoms with Crippen molar-refractivity contribution < 1.29 is 9.13 Å². The van der Waals surface area contributed by atoms with Crippen LogP contribution < -0.4 is 15.4 Å². The molecule has 0 aliphatic rings. The monoisotopic (exact) mass is 527 g/mol. The SMILES string of the molecule is CN=C(NCCc1ncc(C)s1)NCc1ccc(Oc2ccc(F)cc2)nc1.I. The highest BCUT2D eigenvalue weighted by Crippen LogP contribution is 2.19. The Bertz CT molecular complexity index is 915. The Morgan fingerprint density at radius 3 is 2.52 bits per heavy atom. The van der Waals surface area contributed by atoms with Crippen LogP contribution in [-0.4, -0.2) is 29.5 Å². The van der Waals surface area contributed by atoms with Gasteiger partial charge in [-0.1, -0.05) is 6.07 Å². The maximum Gasteiger partial charge on any atom is 0.219 e. The Balaban J connectivity index is 0.00000300. The van der Waals surface area contributed by atoms with E-state index >= 15 is 0 Å². The van der Waals surface area contributed by atoms with Crippen molar-refractivity contribution in [3.63, 3.8) is 0 Å². The lowest BCUT2D eigenvalue weighted by molar-refractivity contribution is 0.461. The van der Waals surface area contributed by atoms with Crippen LogP contribution in [-0.2, 0) is 13.0 Å². The zero-order valence-corrected chi connectivity index (χ0v) is 19.3. The first-order valence-corrected chi connectivity index (χ1v) is 9.68. The van der Waals surface area contributed by atoms with Crippen molar-refractivity contribution in [1.82, 2.24) is 20.6 Å². The van der Waals surface area contributed by atoms with E-state index in [0.717, 1.165) is 29.5 Å². The molecule has 0 saturated carbocycles. The molecule has 0 atom stereocenters. The summed E-state index contributed by atoms with van der Waals surface area (Å²) >= 11 is 1.71. The fourth-order valence-corrected chi connectivity index (χ4v) is 3.20. The van der Waals surface area contributed by atoms with E-state index in [1.54, 1.807) is 42.8 Å². The van der Waals surface area contributed by atoms with Gasteiger partial charge in [-0.25, -0.2) is 14.4 Å². The molecule has 154 valence electrons. The van der Waals surface area contributed by atoms with Crippen LogP contribution in [0.3, 0.4) is 0 Å². The van der Waals surface area contributed by atoms with Crippen LogP contribution in [0.5, 0.6) is 11.6 Å². The number of hydrogen-bond donors (Lipinski definition) is 2. The van der Waals surface area contributed by atoms with Crippen molar-refractivity contribution in [3.8, 4) is 11.6 Å². The third kappa shape index (κ3) is 7.58. The van der Waals surface area contributed by atoms with E-state index in [-0.39, 0.29) is 29.8 Å². The van der Waals surface area contributed by atoms with E-state index in [9.17, 15) is 4.39 Å². The molecule has 0 amide bonds. The van der Waals surface area contributed by atoms with Gasteiger partial charge in [0.15, 0.2) is 5.96 Å². The summed E-state index contributed by atoms with van der Waals surface area (Å²) in [6, 6.07) is 9.53. The second-order valence-electron chi connectivity index (χ2n) is 6.03. The number of ether oxygens (including phenoxy) is 1. The van der Waals surface area contributed by atoms with Crippen molar-refractivity contribution >= 4 is 41.3 Å². The largest absolute Gasteiger partial charge is 0.439 e. The molecule has 0 aliphatic heterocycles. The van der Waals surface area contributed by atoms with E-state index in [4.69, 9.17) is 4.74 Å². The summed E-state index contributed by atoms with van der Waals surface area (Å²) in [5.74, 6) is 1.42. The van der Waals surface area contributed by atoms with Gasteiger partial charge in [0, 0.05) is 49.9 Å². The standard InChI is InChI=1S/C20H22FN5OS.HI/c1-14-11-25-19(28-14)9-10-23-20(22-2)26-13-15-3-8-18(24-12-15)27-17-6-4-16(21)5-7-17;/h3-8,11-12H,9-10,13H2,1-2H3,(H2,22,23,26);1H. The topological polar surface area (TPSA) is 71.4 Å². The highest BCUT2D eigenvalue weighted by molar-refractivity contribution is 14.0. The number of nitrogens with one attached hydrogen (secondary N) is 2. The number of pyridine rings is 1. The van der Waals surface area contributed by atoms with Crippen LogP contribution in [0.1, 0.15) is 15.4 Å². The zero-order chi connectivity index (χ0) is 19.8. The lowest BCUT2D eigenvalue weighted by Gasteiger charge is -2.11. The Labute approximate surface area is 190 Å². The normalized spacial score (nSPS) is 10.9. The van der Waals surface area contributed by atoms with Gasteiger partial charge in [0.2, 0.25) is 5.88 Å². The van der Waals surface area contributed by atoms with Crippen molar-refractivity contribution in [1.29, 1.82) is 0 Å².